The highest BCUT2D eigenvalue weighted by Crippen LogP contribution is 2.32. The Morgan fingerprint density at radius 2 is 2.18 bits per heavy atom. The summed E-state index contributed by atoms with van der Waals surface area (Å²) in [6, 6.07) is 3.53. The van der Waals surface area contributed by atoms with Crippen molar-refractivity contribution in [1.29, 1.82) is 0 Å². The van der Waals surface area contributed by atoms with Gasteiger partial charge in [-0.15, -0.1) is 0 Å². The van der Waals surface area contributed by atoms with Gasteiger partial charge in [-0.25, -0.2) is 9.97 Å². The molecule has 0 aliphatic carbocycles. The molecule has 1 saturated heterocycles. The van der Waals surface area contributed by atoms with Crippen LogP contribution in [-0.2, 0) is 0 Å². The third-order valence-corrected chi connectivity index (χ3v) is 3.82. The predicted molar refractivity (Wildman–Crippen MR) is 80.6 cm³/mol. The highest BCUT2D eigenvalue weighted by atomic mass is 16.5. The summed E-state index contributed by atoms with van der Waals surface area (Å²) in [5, 5.41) is 6.86. The van der Waals surface area contributed by atoms with Crippen molar-refractivity contribution in [2.45, 2.75) is 32.7 Å². The summed E-state index contributed by atoms with van der Waals surface area (Å²) in [6.07, 6.45) is 1.84. The number of amides is 1. The Morgan fingerprint density at radius 1 is 1.36 bits per heavy atom. The molecule has 3 heterocycles. The lowest BCUT2D eigenvalue weighted by molar-refractivity contribution is 0.0722. The molecule has 2 aromatic rings. The molecule has 1 aliphatic heterocycles. The maximum absolute atomic E-state index is 12.6. The average molecular weight is 301 g/mol. The van der Waals surface area contributed by atoms with Gasteiger partial charge in [0.1, 0.15) is 17.4 Å². The molecule has 7 nitrogen and oxygen atoms in total. The molecule has 22 heavy (non-hydrogen) atoms. The standard InChI is InChI=1S/C15H19N5O2/c1-9-7-12(19-22-9)15(21)20-6-4-5-13(20)11-8-14(16-3)18-10(2)17-11/h7-8,13H,4-6H2,1-3H3,(H,16,17,18)/t13-/m1/s1. The monoisotopic (exact) mass is 301 g/mol. The van der Waals surface area contributed by atoms with Crippen molar-refractivity contribution < 1.29 is 9.32 Å². The Balaban J connectivity index is 1.90. The number of hydrogen-bond acceptors (Lipinski definition) is 6. The molecule has 1 fully saturated rings. The Labute approximate surface area is 128 Å². The molecule has 1 aliphatic rings. The Morgan fingerprint density at radius 3 is 2.86 bits per heavy atom. The van der Waals surface area contributed by atoms with Gasteiger partial charge in [0.2, 0.25) is 0 Å². The fraction of sp³-hybridized carbons (Fsp3) is 0.467. The number of nitrogens with one attached hydrogen (secondary N) is 1. The third kappa shape index (κ3) is 2.66. The van der Waals surface area contributed by atoms with Crippen molar-refractivity contribution in [3.05, 3.63) is 35.1 Å². The first kappa shape index (κ1) is 14.5. The number of hydrogen-bond donors (Lipinski definition) is 1. The van der Waals surface area contributed by atoms with Crippen molar-refractivity contribution in [3.8, 4) is 0 Å². The molecule has 0 spiro atoms. The SMILES string of the molecule is CNc1cc([C@H]2CCCN2C(=O)c2cc(C)on2)nc(C)n1. The van der Waals surface area contributed by atoms with E-state index in [9.17, 15) is 4.79 Å². The Kier molecular flexibility index (Phi) is 3.79. The molecule has 0 aromatic carbocycles. The zero-order valence-electron chi connectivity index (χ0n) is 13.0. The summed E-state index contributed by atoms with van der Waals surface area (Å²) in [7, 11) is 1.82. The lowest BCUT2D eigenvalue weighted by Crippen LogP contribution is -2.31. The number of nitrogens with zero attached hydrogens (tertiary/aromatic N) is 4. The normalized spacial score (nSPS) is 17.8. The molecular formula is C15H19N5O2. The van der Waals surface area contributed by atoms with Gasteiger partial charge in [0.25, 0.3) is 5.91 Å². The molecule has 0 bridgehead atoms. The fourth-order valence-corrected chi connectivity index (χ4v) is 2.82. The van der Waals surface area contributed by atoms with E-state index in [4.69, 9.17) is 4.52 Å². The molecular weight excluding hydrogens is 282 g/mol. The molecule has 7 heteroatoms. The highest BCUT2D eigenvalue weighted by Gasteiger charge is 2.33. The molecule has 1 amide bonds. The summed E-state index contributed by atoms with van der Waals surface area (Å²) < 4.78 is 5.01. The first-order chi connectivity index (χ1) is 10.6. The highest BCUT2D eigenvalue weighted by molar-refractivity contribution is 5.92. The quantitative estimate of drug-likeness (QED) is 0.934. The molecule has 1 atom stereocenters. The van der Waals surface area contributed by atoms with E-state index in [1.807, 2.05) is 24.9 Å². The molecule has 116 valence electrons. The van der Waals surface area contributed by atoms with Crippen LogP contribution in [0.1, 0.15) is 46.7 Å². The van der Waals surface area contributed by atoms with Gasteiger partial charge in [-0.3, -0.25) is 4.79 Å². The van der Waals surface area contributed by atoms with E-state index >= 15 is 0 Å². The first-order valence-corrected chi connectivity index (χ1v) is 7.36. The molecule has 3 rings (SSSR count). The Hall–Kier alpha value is -2.44. The van der Waals surface area contributed by atoms with Crippen LogP contribution in [-0.4, -0.2) is 39.5 Å². The van der Waals surface area contributed by atoms with Gasteiger partial charge in [-0.05, 0) is 26.7 Å². The lowest BCUT2D eigenvalue weighted by Gasteiger charge is -2.23. The largest absolute Gasteiger partial charge is 0.373 e. The van der Waals surface area contributed by atoms with Crippen LogP contribution in [0.15, 0.2) is 16.7 Å². The predicted octanol–water partition coefficient (Wildman–Crippen LogP) is 2.10. The van der Waals surface area contributed by atoms with Crippen molar-refractivity contribution >= 4 is 11.7 Å². The van der Waals surface area contributed by atoms with Gasteiger partial charge < -0.3 is 14.7 Å². The van der Waals surface area contributed by atoms with Gasteiger partial charge in [-0.2, -0.15) is 0 Å². The van der Waals surface area contributed by atoms with Crippen LogP contribution in [0.3, 0.4) is 0 Å². The zero-order valence-corrected chi connectivity index (χ0v) is 13.0. The van der Waals surface area contributed by atoms with E-state index in [2.05, 4.69) is 20.4 Å². The number of likely N-dealkylation sites (tertiary alicyclic amines) is 1. The minimum Gasteiger partial charge on any atom is -0.373 e. The Bertz CT molecular complexity index is 697. The van der Waals surface area contributed by atoms with Gasteiger partial charge in [0, 0.05) is 25.7 Å². The summed E-state index contributed by atoms with van der Waals surface area (Å²) in [6.45, 7) is 4.33. The van der Waals surface area contributed by atoms with Crippen LogP contribution >= 0.6 is 0 Å². The van der Waals surface area contributed by atoms with Crippen molar-refractivity contribution in [1.82, 2.24) is 20.0 Å². The summed E-state index contributed by atoms with van der Waals surface area (Å²) in [5.74, 6) is 1.98. The summed E-state index contributed by atoms with van der Waals surface area (Å²) in [5.41, 5.74) is 1.21. The lowest BCUT2D eigenvalue weighted by atomic mass is 10.1. The molecule has 0 saturated carbocycles. The van der Waals surface area contributed by atoms with Crippen LogP contribution in [0.5, 0.6) is 0 Å². The number of carbonyl (C=O) groups is 1. The number of carbonyl (C=O) groups excluding carboxylic acids is 1. The van der Waals surface area contributed by atoms with Crippen LogP contribution < -0.4 is 5.32 Å². The number of aryl methyl sites for hydroxylation is 2. The first-order valence-electron chi connectivity index (χ1n) is 7.36. The topological polar surface area (TPSA) is 84.2 Å². The van der Waals surface area contributed by atoms with E-state index in [-0.39, 0.29) is 11.9 Å². The molecule has 2 aromatic heterocycles. The molecule has 0 radical (unpaired) electrons. The van der Waals surface area contributed by atoms with Crippen molar-refractivity contribution in [3.63, 3.8) is 0 Å². The minimum atomic E-state index is -0.110. The van der Waals surface area contributed by atoms with Crippen molar-refractivity contribution in [2.75, 3.05) is 18.9 Å². The van der Waals surface area contributed by atoms with Gasteiger partial charge in [0.15, 0.2) is 5.69 Å². The number of rotatable bonds is 3. The second-order valence-corrected chi connectivity index (χ2v) is 5.45. The van der Waals surface area contributed by atoms with E-state index in [0.29, 0.717) is 23.8 Å². The third-order valence-electron chi connectivity index (χ3n) is 3.82. The minimum absolute atomic E-state index is 0.0432. The van der Waals surface area contributed by atoms with Gasteiger partial charge >= 0.3 is 0 Å². The summed E-state index contributed by atoms with van der Waals surface area (Å²) in [4.78, 5) is 23.3. The zero-order chi connectivity index (χ0) is 15.7. The van der Waals surface area contributed by atoms with Gasteiger partial charge in [-0.1, -0.05) is 5.16 Å². The number of anilines is 1. The summed E-state index contributed by atoms with van der Waals surface area (Å²) >= 11 is 0. The van der Waals surface area contributed by atoms with Crippen molar-refractivity contribution in [2.24, 2.45) is 0 Å². The second-order valence-electron chi connectivity index (χ2n) is 5.45. The number of aromatic nitrogens is 3. The molecule has 1 N–H and O–H groups in total. The maximum Gasteiger partial charge on any atom is 0.276 e. The fourth-order valence-electron chi connectivity index (χ4n) is 2.82. The van der Waals surface area contributed by atoms with E-state index in [1.165, 1.54) is 0 Å². The molecule has 0 unspecified atom stereocenters. The van der Waals surface area contributed by atoms with Crippen LogP contribution in [0.25, 0.3) is 0 Å². The maximum atomic E-state index is 12.6. The van der Waals surface area contributed by atoms with Crippen LogP contribution in [0.2, 0.25) is 0 Å². The van der Waals surface area contributed by atoms with Crippen LogP contribution in [0.4, 0.5) is 5.82 Å². The van der Waals surface area contributed by atoms with Gasteiger partial charge in [0.05, 0.1) is 11.7 Å². The van der Waals surface area contributed by atoms with Crippen LogP contribution in [0, 0.1) is 13.8 Å². The smallest absolute Gasteiger partial charge is 0.276 e. The van der Waals surface area contributed by atoms with E-state index in [0.717, 1.165) is 24.4 Å². The van der Waals surface area contributed by atoms with E-state index < -0.39 is 0 Å². The second kappa shape index (κ2) is 5.75. The average Bonchev–Trinajstić information content (AvgIpc) is 3.14. The van der Waals surface area contributed by atoms with E-state index in [1.54, 1.807) is 13.0 Å².